The molecule has 1 aliphatic carbocycles. The van der Waals surface area contributed by atoms with Crippen LogP contribution >= 0.6 is 0 Å². The number of ketones is 1. The Morgan fingerprint density at radius 2 is 2.40 bits per heavy atom. The predicted octanol–water partition coefficient (Wildman–Crippen LogP) is 1.14. The van der Waals surface area contributed by atoms with E-state index in [0.29, 0.717) is 11.7 Å². The van der Waals surface area contributed by atoms with Crippen molar-refractivity contribution in [2.24, 2.45) is 5.92 Å². The van der Waals surface area contributed by atoms with Crippen LogP contribution in [0.15, 0.2) is 0 Å². The zero-order chi connectivity index (χ0) is 7.35. The molecule has 2 atom stereocenters. The van der Waals surface area contributed by atoms with E-state index in [1.165, 1.54) is 0 Å². The SMILES string of the molecule is CC(C)[C@]12CCC(=O)[C@H]1O2. The van der Waals surface area contributed by atoms with E-state index in [0.717, 1.165) is 12.8 Å². The highest BCUT2D eigenvalue weighted by molar-refractivity contribution is 5.90. The highest BCUT2D eigenvalue weighted by Crippen LogP contribution is 2.52. The zero-order valence-electron chi connectivity index (χ0n) is 6.39. The number of fused-ring (bicyclic) bond motifs is 1. The molecule has 0 spiro atoms. The zero-order valence-corrected chi connectivity index (χ0v) is 6.39. The maximum absolute atomic E-state index is 11.0. The molecular weight excluding hydrogens is 128 g/mol. The minimum atomic E-state index is -0.0208. The molecule has 2 rings (SSSR count). The molecule has 0 aromatic carbocycles. The lowest BCUT2D eigenvalue weighted by atomic mass is 9.94. The number of hydrogen-bond donors (Lipinski definition) is 0. The molecule has 2 fully saturated rings. The van der Waals surface area contributed by atoms with Gasteiger partial charge in [-0.25, -0.2) is 0 Å². The van der Waals surface area contributed by atoms with E-state index in [2.05, 4.69) is 13.8 Å². The van der Waals surface area contributed by atoms with Gasteiger partial charge in [-0.3, -0.25) is 4.79 Å². The first-order chi connectivity index (χ1) is 4.67. The van der Waals surface area contributed by atoms with E-state index in [1.807, 2.05) is 0 Å². The number of ether oxygens (including phenoxy) is 1. The molecule has 0 N–H and O–H groups in total. The van der Waals surface area contributed by atoms with Crippen LogP contribution in [-0.4, -0.2) is 17.5 Å². The number of epoxide rings is 1. The monoisotopic (exact) mass is 140 g/mol. The molecule has 2 aliphatic rings. The van der Waals surface area contributed by atoms with E-state index >= 15 is 0 Å². The number of carbonyl (C=O) groups is 1. The van der Waals surface area contributed by atoms with Gasteiger partial charge in [-0.15, -0.1) is 0 Å². The van der Waals surface area contributed by atoms with Gasteiger partial charge in [0.05, 0.1) is 0 Å². The lowest BCUT2D eigenvalue weighted by molar-refractivity contribution is -0.120. The van der Waals surface area contributed by atoms with Crippen molar-refractivity contribution in [1.29, 1.82) is 0 Å². The van der Waals surface area contributed by atoms with Crippen molar-refractivity contribution in [2.45, 2.75) is 38.4 Å². The molecule has 1 aliphatic heterocycles. The summed E-state index contributed by atoms with van der Waals surface area (Å²) in [6.07, 6.45) is 1.67. The van der Waals surface area contributed by atoms with Gasteiger partial charge in [0.2, 0.25) is 0 Å². The fourth-order valence-electron chi connectivity index (χ4n) is 1.89. The van der Waals surface area contributed by atoms with Gasteiger partial charge in [0, 0.05) is 6.42 Å². The van der Waals surface area contributed by atoms with Gasteiger partial charge >= 0.3 is 0 Å². The molecule has 0 unspecified atom stereocenters. The van der Waals surface area contributed by atoms with Crippen molar-refractivity contribution < 1.29 is 9.53 Å². The van der Waals surface area contributed by atoms with Crippen molar-refractivity contribution >= 4 is 5.78 Å². The Hall–Kier alpha value is -0.370. The van der Waals surface area contributed by atoms with E-state index in [-0.39, 0.29) is 11.7 Å². The van der Waals surface area contributed by atoms with Crippen LogP contribution in [0, 0.1) is 5.92 Å². The normalized spacial score (nSPS) is 44.3. The molecule has 0 radical (unpaired) electrons. The summed E-state index contributed by atoms with van der Waals surface area (Å²) in [6, 6.07) is 0. The lowest BCUT2D eigenvalue weighted by Crippen LogP contribution is -2.18. The Morgan fingerprint density at radius 3 is 2.60 bits per heavy atom. The van der Waals surface area contributed by atoms with Crippen molar-refractivity contribution in [3.63, 3.8) is 0 Å². The number of carbonyl (C=O) groups excluding carboxylic acids is 1. The molecule has 2 nitrogen and oxygen atoms in total. The van der Waals surface area contributed by atoms with Crippen LogP contribution in [-0.2, 0) is 9.53 Å². The largest absolute Gasteiger partial charge is 0.357 e. The molecule has 0 aromatic rings. The lowest BCUT2D eigenvalue weighted by Gasteiger charge is -2.10. The maximum Gasteiger partial charge on any atom is 0.164 e. The Balaban J connectivity index is 2.18. The second kappa shape index (κ2) is 1.62. The molecule has 1 heterocycles. The first-order valence-electron chi connectivity index (χ1n) is 3.87. The van der Waals surface area contributed by atoms with Crippen molar-refractivity contribution in [3.8, 4) is 0 Å². The van der Waals surface area contributed by atoms with Crippen LogP contribution in [0.5, 0.6) is 0 Å². The van der Waals surface area contributed by atoms with E-state index in [9.17, 15) is 4.79 Å². The summed E-state index contributed by atoms with van der Waals surface area (Å²) < 4.78 is 5.36. The molecule has 0 amide bonds. The summed E-state index contributed by atoms with van der Waals surface area (Å²) in [6.45, 7) is 4.25. The highest BCUT2D eigenvalue weighted by Gasteiger charge is 2.65. The minimum absolute atomic E-state index is 0.0168. The molecule has 1 saturated carbocycles. The van der Waals surface area contributed by atoms with Crippen LogP contribution < -0.4 is 0 Å². The average molecular weight is 140 g/mol. The van der Waals surface area contributed by atoms with Gasteiger partial charge < -0.3 is 4.74 Å². The molecule has 1 saturated heterocycles. The third-order valence-corrected chi connectivity index (χ3v) is 2.76. The topological polar surface area (TPSA) is 29.6 Å². The first-order valence-corrected chi connectivity index (χ1v) is 3.87. The van der Waals surface area contributed by atoms with E-state index in [4.69, 9.17) is 4.74 Å². The van der Waals surface area contributed by atoms with Gasteiger partial charge in [-0.05, 0) is 12.3 Å². The number of Topliss-reactive ketones (excluding diaryl/α,β-unsaturated/α-hetero) is 1. The summed E-state index contributed by atoms with van der Waals surface area (Å²) in [4.78, 5) is 11.0. The molecule has 56 valence electrons. The predicted molar refractivity (Wildman–Crippen MR) is 36.7 cm³/mol. The van der Waals surface area contributed by atoms with Crippen molar-refractivity contribution in [2.75, 3.05) is 0 Å². The van der Waals surface area contributed by atoms with Gasteiger partial charge in [-0.2, -0.15) is 0 Å². The van der Waals surface area contributed by atoms with Gasteiger partial charge in [0.25, 0.3) is 0 Å². The fraction of sp³-hybridized carbons (Fsp3) is 0.875. The van der Waals surface area contributed by atoms with Crippen LogP contribution in [0.3, 0.4) is 0 Å². The quantitative estimate of drug-likeness (QED) is 0.511. The molecule has 0 aromatic heterocycles. The van der Waals surface area contributed by atoms with E-state index in [1.54, 1.807) is 0 Å². The molecule has 10 heavy (non-hydrogen) atoms. The van der Waals surface area contributed by atoms with Crippen LogP contribution in [0.2, 0.25) is 0 Å². The Kier molecular flexibility index (Phi) is 1.03. The van der Waals surface area contributed by atoms with Crippen molar-refractivity contribution in [3.05, 3.63) is 0 Å². The van der Waals surface area contributed by atoms with Crippen LogP contribution in [0.4, 0.5) is 0 Å². The minimum Gasteiger partial charge on any atom is -0.357 e. The third-order valence-electron chi connectivity index (χ3n) is 2.76. The van der Waals surface area contributed by atoms with Gasteiger partial charge in [0.15, 0.2) is 5.78 Å². The summed E-state index contributed by atoms with van der Waals surface area (Å²) >= 11 is 0. The number of rotatable bonds is 1. The van der Waals surface area contributed by atoms with E-state index < -0.39 is 0 Å². The summed E-state index contributed by atoms with van der Waals surface area (Å²) in [5.41, 5.74) is -0.0168. The second-order valence-corrected chi connectivity index (χ2v) is 3.57. The van der Waals surface area contributed by atoms with Crippen molar-refractivity contribution in [1.82, 2.24) is 0 Å². The smallest absolute Gasteiger partial charge is 0.164 e. The molecule has 0 bridgehead atoms. The second-order valence-electron chi connectivity index (χ2n) is 3.57. The fourth-order valence-corrected chi connectivity index (χ4v) is 1.89. The summed E-state index contributed by atoms with van der Waals surface area (Å²) in [7, 11) is 0. The molecule has 2 heteroatoms. The Labute approximate surface area is 60.6 Å². The van der Waals surface area contributed by atoms with Crippen LogP contribution in [0.1, 0.15) is 26.7 Å². The summed E-state index contributed by atoms with van der Waals surface area (Å²) in [5, 5.41) is 0. The summed E-state index contributed by atoms with van der Waals surface area (Å²) in [5.74, 6) is 0.817. The molecular formula is C8H12O2. The highest BCUT2D eigenvalue weighted by atomic mass is 16.6. The first kappa shape index (κ1) is 6.35. The van der Waals surface area contributed by atoms with Crippen LogP contribution in [0.25, 0.3) is 0 Å². The standard InChI is InChI=1S/C8H12O2/c1-5(2)8-4-3-6(9)7(8)10-8/h5,7H,3-4H2,1-2H3/t7-,8-/m1/s1. The average Bonchev–Trinajstić information content (AvgIpc) is 2.52. The Bertz CT molecular complexity index is 186. The Morgan fingerprint density at radius 1 is 1.70 bits per heavy atom. The van der Waals surface area contributed by atoms with Gasteiger partial charge in [-0.1, -0.05) is 13.8 Å². The maximum atomic E-state index is 11.0. The number of hydrogen-bond acceptors (Lipinski definition) is 2. The van der Waals surface area contributed by atoms with Gasteiger partial charge in [0.1, 0.15) is 11.7 Å². The third kappa shape index (κ3) is 0.553.